The summed E-state index contributed by atoms with van der Waals surface area (Å²) in [6.07, 6.45) is -4.86. The summed E-state index contributed by atoms with van der Waals surface area (Å²) in [5.41, 5.74) is -1.39. The van der Waals surface area contributed by atoms with Crippen molar-refractivity contribution in [1.29, 1.82) is 0 Å². The monoisotopic (exact) mass is 262 g/mol. The van der Waals surface area contributed by atoms with Gasteiger partial charge in [-0.2, -0.15) is 13.2 Å². The predicted molar refractivity (Wildman–Crippen MR) is 62.1 cm³/mol. The van der Waals surface area contributed by atoms with E-state index in [0.717, 1.165) is 12.1 Å². The van der Waals surface area contributed by atoms with E-state index in [4.69, 9.17) is 0 Å². The molecule has 0 saturated heterocycles. The summed E-state index contributed by atoms with van der Waals surface area (Å²) < 4.78 is 37.0. The molecule has 1 rings (SSSR count). The highest BCUT2D eigenvalue weighted by Gasteiger charge is 2.31. The Morgan fingerprint density at radius 1 is 1.17 bits per heavy atom. The number of aliphatic hydroxyl groups excluding tert-OH is 1. The number of alkyl halides is 3. The van der Waals surface area contributed by atoms with Gasteiger partial charge in [-0.3, -0.25) is 0 Å². The molecule has 18 heavy (non-hydrogen) atoms. The molecular formula is C13H17F3O2. The first kappa shape index (κ1) is 15.0. The number of hydrogen-bond donors (Lipinski definition) is 2. The Morgan fingerprint density at radius 3 is 2.06 bits per heavy atom. The van der Waals surface area contributed by atoms with Crippen molar-refractivity contribution in [2.75, 3.05) is 0 Å². The molecule has 0 aliphatic heterocycles. The van der Waals surface area contributed by atoms with Crippen LogP contribution in [0.25, 0.3) is 0 Å². The van der Waals surface area contributed by atoms with Gasteiger partial charge in [-0.25, -0.2) is 0 Å². The average Bonchev–Trinajstić information content (AvgIpc) is 2.28. The SMILES string of the molecule is CCC(C)(O)C(O)Cc1ccc(C(F)(F)F)cc1. The van der Waals surface area contributed by atoms with Crippen LogP contribution in [0.4, 0.5) is 13.2 Å². The second-order valence-corrected chi connectivity index (χ2v) is 4.63. The normalized spacial score (nSPS) is 17.3. The highest BCUT2D eigenvalue weighted by atomic mass is 19.4. The largest absolute Gasteiger partial charge is 0.416 e. The molecule has 0 amide bonds. The first-order valence-corrected chi connectivity index (χ1v) is 5.73. The number of rotatable bonds is 4. The summed E-state index contributed by atoms with van der Waals surface area (Å²) in [6.45, 7) is 3.23. The standard InChI is InChI=1S/C13H17F3O2/c1-3-12(2,18)11(17)8-9-4-6-10(7-5-9)13(14,15)16/h4-7,11,17-18H,3,8H2,1-2H3. The Morgan fingerprint density at radius 2 is 1.67 bits per heavy atom. The maximum Gasteiger partial charge on any atom is 0.416 e. The van der Waals surface area contributed by atoms with Gasteiger partial charge in [0.2, 0.25) is 0 Å². The van der Waals surface area contributed by atoms with Crippen molar-refractivity contribution in [2.24, 2.45) is 0 Å². The summed E-state index contributed by atoms with van der Waals surface area (Å²) in [4.78, 5) is 0. The quantitative estimate of drug-likeness (QED) is 0.876. The maximum atomic E-state index is 12.3. The fourth-order valence-electron chi connectivity index (χ4n) is 1.51. The molecule has 1 aromatic carbocycles. The Bertz CT molecular complexity index is 382. The summed E-state index contributed by atoms with van der Waals surface area (Å²) in [7, 11) is 0. The molecule has 2 atom stereocenters. The molecule has 2 N–H and O–H groups in total. The van der Waals surface area contributed by atoms with Crippen molar-refractivity contribution in [1.82, 2.24) is 0 Å². The zero-order chi connectivity index (χ0) is 14.0. The van der Waals surface area contributed by atoms with Crippen LogP contribution in [0.1, 0.15) is 31.4 Å². The lowest BCUT2D eigenvalue weighted by Crippen LogP contribution is -2.39. The summed E-state index contributed by atoms with van der Waals surface area (Å²) >= 11 is 0. The van der Waals surface area contributed by atoms with Crippen LogP contribution in [-0.2, 0) is 12.6 Å². The van der Waals surface area contributed by atoms with Crippen molar-refractivity contribution >= 4 is 0 Å². The van der Waals surface area contributed by atoms with Gasteiger partial charge in [0.25, 0.3) is 0 Å². The van der Waals surface area contributed by atoms with Crippen LogP contribution in [0.5, 0.6) is 0 Å². The van der Waals surface area contributed by atoms with Crippen LogP contribution >= 0.6 is 0 Å². The van der Waals surface area contributed by atoms with Crippen LogP contribution in [0, 0.1) is 0 Å². The minimum absolute atomic E-state index is 0.124. The first-order chi connectivity index (χ1) is 8.16. The van der Waals surface area contributed by atoms with E-state index in [1.165, 1.54) is 19.1 Å². The number of aliphatic hydroxyl groups is 2. The Labute approximate surface area is 104 Å². The lowest BCUT2D eigenvalue weighted by molar-refractivity contribution is -0.137. The third kappa shape index (κ3) is 3.71. The Balaban J connectivity index is 2.76. The lowest BCUT2D eigenvalue weighted by atomic mass is 9.91. The van der Waals surface area contributed by atoms with Gasteiger partial charge in [0.15, 0.2) is 0 Å². The molecule has 2 nitrogen and oxygen atoms in total. The molecule has 0 fully saturated rings. The second kappa shape index (κ2) is 5.28. The fourth-order valence-corrected chi connectivity index (χ4v) is 1.51. The van der Waals surface area contributed by atoms with Crippen LogP contribution in [-0.4, -0.2) is 21.9 Å². The second-order valence-electron chi connectivity index (χ2n) is 4.63. The van der Waals surface area contributed by atoms with Crippen LogP contribution in [0.3, 0.4) is 0 Å². The molecule has 102 valence electrons. The molecule has 0 aromatic heterocycles. The highest BCUT2D eigenvalue weighted by molar-refractivity contribution is 5.25. The van der Waals surface area contributed by atoms with E-state index >= 15 is 0 Å². The minimum atomic E-state index is -4.36. The van der Waals surface area contributed by atoms with Gasteiger partial charge >= 0.3 is 6.18 Å². The smallest absolute Gasteiger partial charge is 0.390 e. The van der Waals surface area contributed by atoms with Gasteiger partial charge in [0.1, 0.15) is 0 Å². The molecule has 0 aliphatic rings. The molecule has 0 radical (unpaired) electrons. The molecule has 2 unspecified atom stereocenters. The summed E-state index contributed by atoms with van der Waals surface area (Å²) in [6, 6.07) is 4.58. The maximum absolute atomic E-state index is 12.3. The van der Waals surface area contributed by atoms with Crippen LogP contribution in [0.2, 0.25) is 0 Å². The molecule has 0 heterocycles. The van der Waals surface area contributed by atoms with Gasteiger partial charge in [-0.15, -0.1) is 0 Å². The molecule has 0 saturated carbocycles. The van der Waals surface area contributed by atoms with Gasteiger partial charge < -0.3 is 10.2 Å². The molecular weight excluding hydrogens is 245 g/mol. The summed E-state index contributed by atoms with van der Waals surface area (Å²) in [5.74, 6) is 0. The van der Waals surface area contributed by atoms with E-state index in [9.17, 15) is 23.4 Å². The van der Waals surface area contributed by atoms with E-state index < -0.39 is 23.4 Å². The fraction of sp³-hybridized carbons (Fsp3) is 0.538. The lowest BCUT2D eigenvalue weighted by Gasteiger charge is -2.27. The summed E-state index contributed by atoms with van der Waals surface area (Å²) in [5, 5.41) is 19.6. The average molecular weight is 262 g/mol. The topological polar surface area (TPSA) is 40.5 Å². The first-order valence-electron chi connectivity index (χ1n) is 5.73. The highest BCUT2D eigenvalue weighted by Crippen LogP contribution is 2.29. The van der Waals surface area contributed by atoms with E-state index in [1.807, 2.05) is 0 Å². The zero-order valence-corrected chi connectivity index (χ0v) is 10.3. The third-order valence-corrected chi connectivity index (χ3v) is 3.14. The predicted octanol–water partition coefficient (Wildman–Crippen LogP) is 2.77. The van der Waals surface area contributed by atoms with E-state index in [-0.39, 0.29) is 6.42 Å². The van der Waals surface area contributed by atoms with Crippen LogP contribution in [0.15, 0.2) is 24.3 Å². The number of halogens is 3. The molecule has 0 aliphatic carbocycles. The zero-order valence-electron chi connectivity index (χ0n) is 10.3. The van der Waals surface area contributed by atoms with E-state index in [2.05, 4.69) is 0 Å². The van der Waals surface area contributed by atoms with Gasteiger partial charge in [0.05, 0.1) is 17.3 Å². The molecule has 0 bridgehead atoms. The van der Waals surface area contributed by atoms with Crippen molar-refractivity contribution in [3.8, 4) is 0 Å². The molecule has 0 spiro atoms. The van der Waals surface area contributed by atoms with Crippen LogP contribution < -0.4 is 0 Å². The van der Waals surface area contributed by atoms with Gasteiger partial charge in [-0.05, 0) is 31.0 Å². The third-order valence-electron chi connectivity index (χ3n) is 3.14. The Kier molecular flexibility index (Phi) is 4.40. The molecule has 1 aromatic rings. The number of hydrogen-bond acceptors (Lipinski definition) is 2. The van der Waals surface area contributed by atoms with Crippen molar-refractivity contribution in [3.05, 3.63) is 35.4 Å². The minimum Gasteiger partial charge on any atom is -0.390 e. The van der Waals surface area contributed by atoms with Crippen molar-refractivity contribution in [2.45, 2.75) is 44.6 Å². The van der Waals surface area contributed by atoms with E-state index in [1.54, 1.807) is 6.92 Å². The Hall–Kier alpha value is -1.07. The van der Waals surface area contributed by atoms with Gasteiger partial charge in [0, 0.05) is 6.42 Å². The van der Waals surface area contributed by atoms with Crippen molar-refractivity contribution in [3.63, 3.8) is 0 Å². The molecule has 5 heteroatoms. The van der Waals surface area contributed by atoms with E-state index in [0.29, 0.717) is 12.0 Å². The van der Waals surface area contributed by atoms with Crippen molar-refractivity contribution < 1.29 is 23.4 Å². The number of benzene rings is 1. The van der Waals surface area contributed by atoms with Gasteiger partial charge in [-0.1, -0.05) is 19.1 Å².